The molecular weight excluding hydrogens is 483 g/mol. The molecule has 0 bridgehead atoms. The van der Waals surface area contributed by atoms with Crippen LogP contribution >= 0.6 is 11.3 Å². The van der Waals surface area contributed by atoms with E-state index in [4.69, 9.17) is 15.2 Å². The maximum absolute atomic E-state index is 15.1. The standard InChI is InChI=1S/C25H31FN6O3S/c1-34-19-11-17-22(21(26)23(19)35-2)29-25(30-24(17)27)32-8-6-31(7-9-32)20(33)12-18(16-5-10-36-14-16)28-13-15-3-4-15/h5,10-11,14-15,18,28H,3-4,6-9,12-13H2,1-2H3,(H2,27,29,30)/t18-/m1/s1. The topological polar surface area (TPSA) is 106 Å². The van der Waals surface area contributed by atoms with E-state index in [1.807, 2.05) is 15.2 Å². The minimum absolute atomic E-state index is 0.0278. The summed E-state index contributed by atoms with van der Waals surface area (Å²) in [6.07, 6.45) is 2.96. The molecule has 3 heterocycles. The van der Waals surface area contributed by atoms with E-state index in [1.165, 1.54) is 32.6 Å². The quantitative estimate of drug-likeness (QED) is 0.449. The number of hydrogen-bond acceptors (Lipinski definition) is 9. The molecule has 3 N–H and O–H groups in total. The molecule has 5 rings (SSSR count). The number of rotatable bonds is 9. The van der Waals surface area contributed by atoms with Crippen LogP contribution in [0.2, 0.25) is 0 Å². The highest BCUT2D eigenvalue weighted by Crippen LogP contribution is 2.37. The first kappa shape index (κ1) is 24.5. The second-order valence-corrected chi connectivity index (χ2v) is 10.0. The average molecular weight is 515 g/mol. The molecule has 1 aromatic carbocycles. The lowest BCUT2D eigenvalue weighted by molar-refractivity contribution is -0.132. The number of carbonyl (C=O) groups excluding carboxylic acids is 1. The van der Waals surface area contributed by atoms with Gasteiger partial charge in [-0.1, -0.05) is 0 Å². The largest absolute Gasteiger partial charge is 0.493 e. The number of hydrogen-bond donors (Lipinski definition) is 2. The van der Waals surface area contributed by atoms with Gasteiger partial charge in [-0.25, -0.2) is 9.37 Å². The summed E-state index contributed by atoms with van der Waals surface area (Å²) in [6.45, 7) is 3.09. The van der Waals surface area contributed by atoms with Gasteiger partial charge in [-0.2, -0.15) is 16.3 Å². The number of ether oxygens (including phenoxy) is 2. The van der Waals surface area contributed by atoms with Crippen LogP contribution < -0.4 is 25.4 Å². The predicted molar refractivity (Wildman–Crippen MR) is 138 cm³/mol. The third-order valence-corrected chi connectivity index (χ3v) is 7.58. The number of nitrogens with two attached hydrogens (primary N) is 1. The first-order chi connectivity index (χ1) is 17.5. The molecule has 2 aliphatic rings. The molecule has 1 aliphatic carbocycles. The summed E-state index contributed by atoms with van der Waals surface area (Å²) >= 11 is 1.65. The van der Waals surface area contributed by atoms with E-state index in [2.05, 4.69) is 26.7 Å². The normalized spacial score (nSPS) is 16.9. The lowest BCUT2D eigenvalue weighted by Gasteiger charge is -2.35. The summed E-state index contributed by atoms with van der Waals surface area (Å²) in [4.78, 5) is 25.8. The van der Waals surface area contributed by atoms with Crippen molar-refractivity contribution >= 4 is 39.9 Å². The van der Waals surface area contributed by atoms with Crippen molar-refractivity contribution in [2.75, 3.05) is 57.6 Å². The number of nitrogens with one attached hydrogen (secondary N) is 1. The van der Waals surface area contributed by atoms with Crippen LogP contribution in [-0.4, -0.2) is 67.7 Å². The highest BCUT2D eigenvalue weighted by molar-refractivity contribution is 7.08. The van der Waals surface area contributed by atoms with Gasteiger partial charge in [0.25, 0.3) is 0 Å². The zero-order chi connectivity index (χ0) is 25.2. The van der Waals surface area contributed by atoms with Crippen molar-refractivity contribution in [1.82, 2.24) is 20.2 Å². The van der Waals surface area contributed by atoms with Crippen LogP contribution in [0.15, 0.2) is 22.9 Å². The van der Waals surface area contributed by atoms with Gasteiger partial charge in [-0.15, -0.1) is 0 Å². The molecule has 0 spiro atoms. The van der Waals surface area contributed by atoms with E-state index < -0.39 is 5.82 Å². The number of methoxy groups -OCH3 is 2. The van der Waals surface area contributed by atoms with Gasteiger partial charge in [0.1, 0.15) is 11.3 Å². The Balaban J connectivity index is 1.27. The van der Waals surface area contributed by atoms with Crippen LogP contribution in [-0.2, 0) is 4.79 Å². The fourth-order valence-electron chi connectivity index (χ4n) is 4.55. The molecule has 1 saturated heterocycles. The Morgan fingerprint density at radius 1 is 1.25 bits per heavy atom. The number of thiophene rings is 1. The molecule has 1 atom stereocenters. The summed E-state index contributed by atoms with van der Waals surface area (Å²) in [5.41, 5.74) is 7.41. The maximum atomic E-state index is 15.1. The summed E-state index contributed by atoms with van der Waals surface area (Å²) in [6, 6.07) is 3.70. The molecule has 1 amide bonds. The summed E-state index contributed by atoms with van der Waals surface area (Å²) in [5.74, 6) is 0.911. The van der Waals surface area contributed by atoms with E-state index in [0.717, 1.165) is 12.5 Å². The van der Waals surface area contributed by atoms with Crippen molar-refractivity contribution in [3.8, 4) is 11.5 Å². The number of benzene rings is 1. The molecule has 11 heteroatoms. The summed E-state index contributed by atoms with van der Waals surface area (Å²) < 4.78 is 25.5. The van der Waals surface area contributed by atoms with Gasteiger partial charge >= 0.3 is 0 Å². The number of carbonyl (C=O) groups is 1. The van der Waals surface area contributed by atoms with Gasteiger partial charge < -0.3 is 30.3 Å². The first-order valence-corrected chi connectivity index (χ1v) is 13.1. The molecule has 1 saturated carbocycles. The van der Waals surface area contributed by atoms with E-state index >= 15 is 4.39 Å². The zero-order valence-corrected chi connectivity index (χ0v) is 21.3. The van der Waals surface area contributed by atoms with Gasteiger partial charge in [0, 0.05) is 44.0 Å². The second-order valence-electron chi connectivity index (χ2n) is 9.26. The van der Waals surface area contributed by atoms with E-state index in [9.17, 15) is 4.79 Å². The fraction of sp³-hybridized carbons (Fsp3) is 0.480. The zero-order valence-electron chi connectivity index (χ0n) is 20.5. The average Bonchev–Trinajstić information content (AvgIpc) is 3.56. The van der Waals surface area contributed by atoms with Crippen LogP contribution in [0.5, 0.6) is 11.5 Å². The molecular formula is C25H31FN6O3S. The third kappa shape index (κ3) is 5.03. The van der Waals surface area contributed by atoms with Gasteiger partial charge in [0.05, 0.1) is 14.2 Å². The predicted octanol–water partition coefficient (Wildman–Crippen LogP) is 3.21. The van der Waals surface area contributed by atoms with Gasteiger partial charge in [0.15, 0.2) is 17.3 Å². The van der Waals surface area contributed by atoms with Crippen molar-refractivity contribution in [2.24, 2.45) is 5.92 Å². The van der Waals surface area contributed by atoms with Crippen LogP contribution in [0.1, 0.15) is 30.9 Å². The molecule has 2 aromatic heterocycles. The van der Waals surface area contributed by atoms with Crippen LogP contribution in [0.25, 0.3) is 10.9 Å². The van der Waals surface area contributed by atoms with Crippen LogP contribution in [0.3, 0.4) is 0 Å². The van der Waals surface area contributed by atoms with E-state index in [1.54, 1.807) is 17.4 Å². The van der Waals surface area contributed by atoms with Crippen LogP contribution in [0, 0.1) is 11.7 Å². The van der Waals surface area contributed by atoms with Gasteiger partial charge in [-0.05, 0) is 53.8 Å². The van der Waals surface area contributed by atoms with Crippen LogP contribution in [0.4, 0.5) is 16.2 Å². The van der Waals surface area contributed by atoms with Crippen molar-refractivity contribution in [2.45, 2.75) is 25.3 Å². The number of nitrogen functional groups attached to an aromatic ring is 1. The lowest BCUT2D eigenvalue weighted by Crippen LogP contribution is -2.50. The van der Waals surface area contributed by atoms with Gasteiger partial charge in [0.2, 0.25) is 11.9 Å². The van der Waals surface area contributed by atoms with Gasteiger partial charge in [-0.3, -0.25) is 4.79 Å². The Kier molecular flexibility index (Phi) is 7.10. The Labute approximate surface area is 213 Å². The SMILES string of the molecule is COc1cc2c(N)nc(N3CCN(C(=O)C[C@@H](NCC4CC4)c4ccsc4)CC3)nc2c(F)c1OC. The van der Waals surface area contributed by atoms with Crippen molar-refractivity contribution in [3.05, 3.63) is 34.3 Å². The van der Waals surface area contributed by atoms with Crippen molar-refractivity contribution in [1.29, 1.82) is 0 Å². The second kappa shape index (κ2) is 10.4. The first-order valence-electron chi connectivity index (χ1n) is 12.1. The van der Waals surface area contributed by atoms with E-state index in [-0.39, 0.29) is 34.8 Å². The Hall–Kier alpha value is -3.18. The molecule has 192 valence electrons. The van der Waals surface area contributed by atoms with Crippen molar-refractivity contribution in [3.63, 3.8) is 0 Å². The molecule has 1 aliphatic heterocycles. The molecule has 0 unspecified atom stereocenters. The number of fused-ring (bicyclic) bond motifs is 1. The molecule has 36 heavy (non-hydrogen) atoms. The summed E-state index contributed by atoms with van der Waals surface area (Å²) in [5, 5.41) is 8.12. The Morgan fingerprint density at radius 2 is 2.03 bits per heavy atom. The molecule has 9 nitrogen and oxygen atoms in total. The lowest BCUT2D eigenvalue weighted by atomic mass is 10.1. The Morgan fingerprint density at radius 3 is 2.67 bits per heavy atom. The number of amides is 1. The third-order valence-electron chi connectivity index (χ3n) is 6.88. The summed E-state index contributed by atoms with van der Waals surface area (Å²) in [7, 11) is 2.81. The Bertz CT molecular complexity index is 1230. The maximum Gasteiger partial charge on any atom is 0.228 e. The highest BCUT2D eigenvalue weighted by atomic mass is 32.1. The monoisotopic (exact) mass is 514 g/mol. The minimum atomic E-state index is -0.644. The molecule has 3 aromatic rings. The highest BCUT2D eigenvalue weighted by Gasteiger charge is 2.28. The molecule has 0 radical (unpaired) electrons. The number of piperazine rings is 1. The van der Waals surface area contributed by atoms with Crippen molar-refractivity contribution < 1.29 is 18.7 Å². The molecule has 2 fully saturated rings. The minimum Gasteiger partial charge on any atom is -0.493 e. The smallest absolute Gasteiger partial charge is 0.228 e. The number of aromatic nitrogens is 2. The number of anilines is 2. The van der Waals surface area contributed by atoms with E-state index in [0.29, 0.717) is 43.9 Å². The number of halogens is 1. The number of nitrogens with zero attached hydrogens (tertiary/aromatic N) is 4. The fourth-order valence-corrected chi connectivity index (χ4v) is 5.27.